The molecular formula is C13H20N2O2S. The summed E-state index contributed by atoms with van der Waals surface area (Å²) >= 11 is 0. The van der Waals surface area contributed by atoms with E-state index in [0.717, 1.165) is 12.1 Å². The van der Waals surface area contributed by atoms with Crippen LogP contribution in [-0.4, -0.2) is 26.8 Å². The second kappa shape index (κ2) is 5.28. The third-order valence-corrected chi connectivity index (χ3v) is 5.07. The molecule has 1 aliphatic rings. The van der Waals surface area contributed by atoms with Crippen LogP contribution in [0.15, 0.2) is 24.3 Å². The Morgan fingerprint density at radius 3 is 2.78 bits per heavy atom. The minimum Gasteiger partial charge on any atom is -0.315 e. The van der Waals surface area contributed by atoms with Crippen LogP contribution in [0.4, 0.5) is 5.69 Å². The molecule has 0 aromatic heterocycles. The van der Waals surface area contributed by atoms with Gasteiger partial charge in [0.2, 0.25) is 10.0 Å². The summed E-state index contributed by atoms with van der Waals surface area (Å²) in [5.41, 5.74) is 1.80. The standard InChI is InChI=1S/C13H20N2O2S/c1-10(2)11-4-3-5-12(8-11)15-18(16,17)13-6-7-14-9-13/h3-5,8,10,13-15H,6-7,9H2,1-2H3. The van der Waals surface area contributed by atoms with Gasteiger partial charge in [0.05, 0.1) is 5.25 Å². The van der Waals surface area contributed by atoms with Crippen molar-refractivity contribution < 1.29 is 8.42 Å². The van der Waals surface area contributed by atoms with Gasteiger partial charge < -0.3 is 5.32 Å². The molecule has 1 saturated heterocycles. The Bertz CT molecular complexity index is 505. The summed E-state index contributed by atoms with van der Waals surface area (Å²) in [5, 5.41) is 2.76. The van der Waals surface area contributed by atoms with Gasteiger partial charge in [-0.05, 0) is 36.6 Å². The predicted molar refractivity (Wildman–Crippen MR) is 74.3 cm³/mol. The molecule has 0 aliphatic carbocycles. The Morgan fingerprint density at radius 2 is 2.17 bits per heavy atom. The van der Waals surface area contributed by atoms with E-state index in [-0.39, 0.29) is 5.25 Å². The SMILES string of the molecule is CC(C)c1cccc(NS(=O)(=O)C2CCNC2)c1. The molecule has 0 bridgehead atoms. The van der Waals surface area contributed by atoms with Gasteiger partial charge in [-0.15, -0.1) is 0 Å². The minimum atomic E-state index is -3.27. The maximum Gasteiger partial charge on any atom is 0.236 e. The highest BCUT2D eigenvalue weighted by Gasteiger charge is 2.28. The van der Waals surface area contributed by atoms with Gasteiger partial charge in [-0.1, -0.05) is 26.0 Å². The van der Waals surface area contributed by atoms with Gasteiger partial charge in [0.1, 0.15) is 0 Å². The van der Waals surface area contributed by atoms with Gasteiger partial charge >= 0.3 is 0 Å². The fourth-order valence-corrected chi connectivity index (χ4v) is 3.49. The highest BCUT2D eigenvalue weighted by Crippen LogP contribution is 2.21. The predicted octanol–water partition coefficient (Wildman–Crippen LogP) is 1.91. The molecule has 0 amide bonds. The van der Waals surface area contributed by atoms with Gasteiger partial charge in [0.25, 0.3) is 0 Å². The fourth-order valence-electron chi connectivity index (χ4n) is 2.10. The molecule has 1 fully saturated rings. The Labute approximate surface area is 109 Å². The van der Waals surface area contributed by atoms with Crippen molar-refractivity contribution in [2.45, 2.75) is 31.4 Å². The summed E-state index contributed by atoms with van der Waals surface area (Å²) < 4.78 is 27.0. The van der Waals surface area contributed by atoms with Crippen LogP contribution >= 0.6 is 0 Å². The maximum absolute atomic E-state index is 12.1. The molecule has 1 unspecified atom stereocenters. The largest absolute Gasteiger partial charge is 0.315 e. The van der Waals surface area contributed by atoms with Crippen LogP contribution in [-0.2, 0) is 10.0 Å². The third kappa shape index (κ3) is 3.03. The first kappa shape index (κ1) is 13.4. The molecule has 0 saturated carbocycles. The molecule has 4 nitrogen and oxygen atoms in total. The quantitative estimate of drug-likeness (QED) is 0.877. The maximum atomic E-state index is 12.1. The van der Waals surface area contributed by atoms with E-state index in [9.17, 15) is 8.42 Å². The van der Waals surface area contributed by atoms with Crippen molar-refractivity contribution in [1.82, 2.24) is 5.32 Å². The van der Waals surface area contributed by atoms with E-state index in [1.807, 2.05) is 18.2 Å². The first-order valence-electron chi connectivity index (χ1n) is 6.31. The fraction of sp³-hybridized carbons (Fsp3) is 0.538. The zero-order chi connectivity index (χ0) is 13.2. The normalized spacial score (nSPS) is 20.3. The summed E-state index contributed by atoms with van der Waals surface area (Å²) in [6, 6.07) is 7.61. The molecule has 100 valence electrons. The molecule has 18 heavy (non-hydrogen) atoms. The number of rotatable bonds is 4. The highest BCUT2D eigenvalue weighted by atomic mass is 32.2. The first-order valence-corrected chi connectivity index (χ1v) is 7.86. The van der Waals surface area contributed by atoms with Crippen LogP contribution < -0.4 is 10.0 Å². The number of hydrogen-bond donors (Lipinski definition) is 2. The van der Waals surface area contributed by atoms with Crippen molar-refractivity contribution in [3.05, 3.63) is 29.8 Å². The zero-order valence-electron chi connectivity index (χ0n) is 10.8. The second-order valence-corrected chi connectivity index (χ2v) is 7.00. The average molecular weight is 268 g/mol. The van der Waals surface area contributed by atoms with Crippen LogP contribution in [0, 0.1) is 0 Å². The van der Waals surface area contributed by atoms with E-state index in [1.54, 1.807) is 6.07 Å². The molecule has 2 N–H and O–H groups in total. The van der Waals surface area contributed by atoms with Crippen LogP contribution in [0.25, 0.3) is 0 Å². The Kier molecular flexibility index (Phi) is 3.92. The van der Waals surface area contributed by atoms with Crippen LogP contribution in [0.1, 0.15) is 31.7 Å². The molecule has 1 aliphatic heterocycles. The topological polar surface area (TPSA) is 58.2 Å². The summed E-state index contributed by atoms with van der Waals surface area (Å²) in [7, 11) is -3.27. The third-order valence-electron chi connectivity index (χ3n) is 3.27. The smallest absolute Gasteiger partial charge is 0.236 e. The lowest BCUT2D eigenvalue weighted by Crippen LogP contribution is -2.29. The second-order valence-electron chi connectivity index (χ2n) is 5.04. The zero-order valence-corrected chi connectivity index (χ0v) is 11.6. The van der Waals surface area contributed by atoms with Crippen LogP contribution in [0.2, 0.25) is 0 Å². The number of nitrogens with one attached hydrogen (secondary N) is 2. The van der Waals surface area contributed by atoms with Crippen molar-refractivity contribution in [1.29, 1.82) is 0 Å². The van der Waals surface area contributed by atoms with Crippen molar-refractivity contribution >= 4 is 15.7 Å². The lowest BCUT2D eigenvalue weighted by atomic mass is 10.0. The number of sulfonamides is 1. The Balaban J connectivity index is 2.15. The molecular weight excluding hydrogens is 248 g/mol. The van der Waals surface area contributed by atoms with Gasteiger partial charge in [-0.3, -0.25) is 4.72 Å². The minimum absolute atomic E-state index is 0.319. The van der Waals surface area contributed by atoms with Crippen molar-refractivity contribution in [3.8, 4) is 0 Å². The lowest BCUT2D eigenvalue weighted by Gasteiger charge is -2.14. The van der Waals surface area contributed by atoms with Gasteiger partial charge in [-0.2, -0.15) is 0 Å². The Morgan fingerprint density at radius 1 is 1.39 bits per heavy atom. The van der Waals surface area contributed by atoms with E-state index in [2.05, 4.69) is 23.9 Å². The van der Waals surface area contributed by atoms with E-state index >= 15 is 0 Å². The van der Waals surface area contributed by atoms with E-state index < -0.39 is 10.0 Å². The number of hydrogen-bond acceptors (Lipinski definition) is 3. The molecule has 5 heteroatoms. The molecule has 1 aromatic rings. The summed E-state index contributed by atoms with van der Waals surface area (Å²) in [4.78, 5) is 0. The molecule has 1 heterocycles. The molecule has 2 rings (SSSR count). The van der Waals surface area contributed by atoms with Gasteiger partial charge in [0.15, 0.2) is 0 Å². The first-order chi connectivity index (χ1) is 8.49. The summed E-state index contributed by atoms with van der Waals surface area (Å²) in [6.07, 6.45) is 0.680. The van der Waals surface area contributed by atoms with E-state index in [4.69, 9.17) is 0 Å². The highest BCUT2D eigenvalue weighted by molar-refractivity contribution is 7.93. The number of anilines is 1. The Hall–Kier alpha value is -1.07. The van der Waals surface area contributed by atoms with Gasteiger partial charge in [0, 0.05) is 12.2 Å². The van der Waals surface area contributed by atoms with Crippen LogP contribution in [0.3, 0.4) is 0 Å². The van der Waals surface area contributed by atoms with E-state index in [0.29, 0.717) is 24.6 Å². The molecule has 1 atom stereocenters. The van der Waals surface area contributed by atoms with Crippen molar-refractivity contribution in [2.75, 3.05) is 17.8 Å². The monoisotopic (exact) mass is 268 g/mol. The van der Waals surface area contributed by atoms with Crippen LogP contribution in [0.5, 0.6) is 0 Å². The summed E-state index contributed by atoms with van der Waals surface area (Å²) in [6.45, 7) is 5.50. The number of benzene rings is 1. The molecule has 0 spiro atoms. The van der Waals surface area contributed by atoms with Crippen molar-refractivity contribution in [2.24, 2.45) is 0 Å². The van der Waals surface area contributed by atoms with Gasteiger partial charge in [-0.25, -0.2) is 8.42 Å². The lowest BCUT2D eigenvalue weighted by molar-refractivity contribution is 0.588. The molecule has 1 aromatic carbocycles. The average Bonchev–Trinajstić information content (AvgIpc) is 2.82. The molecule has 0 radical (unpaired) electrons. The van der Waals surface area contributed by atoms with E-state index in [1.165, 1.54) is 0 Å². The van der Waals surface area contributed by atoms with Crippen molar-refractivity contribution in [3.63, 3.8) is 0 Å². The summed E-state index contributed by atoms with van der Waals surface area (Å²) in [5.74, 6) is 0.391.